The quantitative estimate of drug-likeness (QED) is 0.837. The summed E-state index contributed by atoms with van der Waals surface area (Å²) in [7, 11) is 0. The minimum absolute atomic E-state index is 0.376. The number of hydrogen-bond donors (Lipinski definition) is 1. The van der Waals surface area contributed by atoms with Crippen molar-refractivity contribution in [2.75, 3.05) is 0 Å². The van der Waals surface area contributed by atoms with E-state index >= 15 is 0 Å². The molecule has 1 aromatic heterocycles. The van der Waals surface area contributed by atoms with E-state index in [2.05, 4.69) is 0 Å². The van der Waals surface area contributed by atoms with Crippen LogP contribution in [0.5, 0.6) is 0 Å². The first kappa shape index (κ1) is 10.4. The van der Waals surface area contributed by atoms with Crippen molar-refractivity contribution in [1.29, 1.82) is 0 Å². The van der Waals surface area contributed by atoms with Crippen molar-refractivity contribution in [1.82, 2.24) is 0 Å². The zero-order valence-corrected chi connectivity index (χ0v) is 9.50. The van der Waals surface area contributed by atoms with E-state index in [4.69, 9.17) is 0 Å². The van der Waals surface area contributed by atoms with Gasteiger partial charge in [0.2, 0.25) is 0 Å². The first-order chi connectivity index (χ1) is 7.27. The van der Waals surface area contributed by atoms with Crippen LogP contribution in [0.25, 0.3) is 0 Å². The highest BCUT2D eigenvalue weighted by Crippen LogP contribution is 2.25. The van der Waals surface area contributed by atoms with Gasteiger partial charge in [-0.3, -0.25) is 0 Å². The summed E-state index contributed by atoms with van der Waals surface area (Å²) in [6.45, 7) is 2.05. The second-order valence-corrected chi connectivity index (χ2v) is 4.76. The molecule has 1 N–H and O–H groups in total. The molecule has 15 heavy (non-hydrogen) atoms. The second kappa shape index (κ2) is 4.60. The molecule has 0 aliphatic rings. The van der Waals surface area contributed by atoms with E-state index in [0.29, 0.717) is 6.42 Å². The van der Waals surface area contributed by atoms with Crippen LogP contribution in [0.3, 0.4) is 0 Å². The number of hydrogen-bond acceptors (Lipinski definition) is 2. The third-order valence-electron chi connectivity index (χ3n) is 2.53. The van der Waals surface area contributed by atoms with Gasteiger partial charge in [-0.15, -0.1) is 11.3 Å². The van der Waals surface area contributed by atoms with Gasteiger partial charge in [-0.25, -0.2) is 0 Å². The molecule has 0 radical (unpaired) electrons. The zero-order chi connectivity index (χ0) is 10.7. The van der Waals surface area contributed by atoms with E-state index in [0.717, 1.165) is 5.56 Å². The lowest BCUT2D eigenvalue weighted by molar-refractivity contribution is 0.178. The van der Waals surface area contributed by atoms with Crippen molar-refractivity contribution in [3.8, 4) is 0 Å². The van der Waals surface area contributed by atoms with E-state index < -0.39 is 0 Å². The largest absolute Gasteiger partial charge is 0.388 e. The summed E-state index contributed by atoms with van der Waals surface area (Å²) in [5, 5.41) is 12.1. The molecular formula is C13H14OS. The summed E-state index contributed by atoms with van der Waals surface area (Å²) < 4.78 is 0. The number of benzene rings is 1. The Balaban J connectivity index is 2.11. The minimum Gasteiger partial charge on any atom is -0.388 e. The lowest BCUT2D eigenvalue weighted by Gasteiger charge is -2.10. The van der Waals surface area contributed by atoms with Crippen LogP contribution in [0.2, 0.25) is 0 Å². The predicted octanol–water partition coefficient (Wildman–Crippen LogP) is 3.33. The predicted molar refractivity (Wildman–Crippen MR) is 64.2 cm³/mol. The summed E-state index contributed by atoms with van der Waals surface area (Å²) >= 11 is 1.68. The first-order valence-electron chi connectivity index (χ1n) is 5.03. The van der Waals surface area contributed by atoms with E-state index in [1.54, 1.807) is 11.3 Å². The van der Waals surface area contributed by atoms with Crippen LogP contribution in [0.15, 0.2) is 41.8 Å². The lowest BCUT2D eigenvalue weighted by atomic mass is 10.0. The fourth-order valence-corrected chi connectivity index (χ4v) is 2.45. The van der Waals surface area contributed by atoms with Crippen molar-refractivity contribution >= 4 is 11.3 Å². The molecule has 1 atom stereocenters. The number of aliphatic hydroxyl groups excluding tert-OH is 1. The Kier molecular flexibility index (Phi) is 3.19. The highest BCUT2D eigenvalue weighted by atomic mass is 32.1. The molecule has 1 aromatic carbocycles. The van der Waals surface area contributed by atoms with E-state index in [1.165, 1.54) is 10.4 Å². The van der Waals surface area contributed by atoms with E-state index in [1.807, 2.05) is 48.7 Å². The summed E-state index contributed by atoms with van der Waals surface area (Å²) in [6, 6.07) is 12.1. The molecular weight excluding hydrogens is 204 g/mol. The van der Waals surface area contributed by atoms with Crippen molar-refractivity contribution in [2.45, 2.75) is 19.4 Å². The highest BCUT2D eigenvalue weighted by Gasteiger charge is 2.11. The zero-order valence-electron chi connectivity index (χ0n) is 8.68. The topological polar surface area (TPSA) is 20.2 Å². The second-order valence-electron chi connectivity index (χ2n) is 3.64. The molecule has 78 valence electrons. The Bertz CT molecular complexity index is 419. The van der Waals surface area contributed by atoms with Gasteiger partial charge in [0.25, 0.3) is 0 Å². The van der Waals surface area contributed by atoms with Crippen molar-refractivity contribution in [3.63, 3.8) is 0 Å². The molecule has 0 spiro atoms. The molecule has 0 saturated heterocycles. The van der Waals surface area contributed by atoms with Crippen molar-refractivity contribution in [3.05, 3.63) is 57.8 Å². The summed E-state index contributed by atoms with van der Waals surface area (Å²) in [6.07, 6.45) is 0.317. The molecule has 1 unspecified atom stereocenters. The van der Waals surface area contributed by atoms with Gasteiger partial charge in [-0.05, 0) is 29.5 Å². The Labute approximate surface area is 94.0 Å². The number of aryl methyl sites for hydroxylation is 1. The molecule has 1 heterocycles. The molecule has 0 saturated carbocycles. The van der Waals surface area contributed by atoms with E-state index in [9.17, 15) is 5.11 Å². The van der Waals surface area contributed by atoms with Gasteiger partial charge < -0.3 is 5.11 Å². The summed E-state index contributed by atoms with van der Waals surface area (Å²) in [4.78, 5) is 1.21. The minimum atomic E-state index is -0.376. The first-order valence-corrected chi connectivity index (χ1v) is 5.91. The van der Waals surface area contributed by atoms with Crippen LogP contribution in [-0.4, -0.2) is 5.11 Å². The standard InChI is InChI=1S/C13H14OS/c1-10-12(7-8-15-10)13(14)9-11-5-3-2-4-6-11/h2-8,13-14H,9H2,1H3. The van der Waals surface area contributed by atoms with E-state index in [-0.39, 0.29) is 6.10 Å². The Morgan fingerprint density at radius 1 is 1.20 bits per heavy atom. The maximum atomic E-state index is 10.1. The Morgan fingerprint density at radius 3 is 2.53 bits per heavy atom. The van der Waals surface area contributed by atoms with Crippen LogP contribution in [0.4, 0.5) is 0 Å². The monoisotopic (exact) mass is 218 g/mol. The van der Waals surface area contributed by atoms with Gasteiger partial charge in [0.15, 0.2) is 0 Å². The van der Waals surface area contributed by atoms with Crippen LogP contribution in [0.1, 0.15) is 22.1 Å². The molecule has 0 amide bonds. The van der Waals surface area contributed by atoms with Crippen LogP contribution < -0.4 is 0 Å². The highest BCUT2D eigenvalue weighted by molar-refractivity contribution is 7.10. The smallest absolute Gasteiger partial charge is 0.0840 e. The molecule has 0 bridgehead atoms. The average Bonchev–Trinajstić information content (AvgIpc) is 2.66. The SMILES string of the molecule is Cc1sccc1C(O)Cc1ccccc1. The third kappa shape index (κ3) is 2.46. The molecule has 2 aromatic rings. The number of thiophene rings is 1. The molecule has 1 nitrogen and oxygen atoms in total. The van der Waals surface area contributed by atoms with Crippen molar-refractivity contribution < 1.29 is 5.11 Å². The Hall–Kier alpha value is -1.12. The molecule has 0 aliphatic carbocycles. The third-order valence-corrected chi connectivity index (χ3v) is 3.39. The fourth-order valence-electron chi connectivity index (χ4n) is 1.69. The van der Waals surface area contributed by atoms with Gasteiger partial charge in [0.1, 0.15) is 0 Å². The lowest BCUT2D eigenvalue weighted by Crippen LogP contribution is -2.01. The normalized spacial score (nSPS) is 12.7. The fraction of sp³-hybridized carbons (Fsp3) is 0.231. The molecule has 0 aliphatic heterocycles. The van der Waals surface area contributed by atoms with Crippen molar-refractivity contribution in [2.24, 2.45) is 0 Å². The van der Waals surface area contributed by atoms with Crippen LogP contribution in [0, 0.1) is 6.92 Å². The van der Waals surface area contributed by atoms with Gasteiger partial charge in [-0.1, -0.05) is 30.3 Å². The maximum Gasteiger partial charge on any atom is 0.0840 e. The number of rotatable bonds is 3. The molecule has 2 heteroatoms. The van der Waals surface area contributed by atoms with Gasteiger partial charge >= 0.3 is 0 Å². The van der Waals surface area contributed by atoms with Gasteiger partial charge in [-0.2, -0.15) is 0 Å². The van der Waals surface area contributed by atoms with Crippen LogP contribution in [-0.2, 0) is 6.42 Å². The summed E-state index contributed by atoms with van der Waals surface area (Å²) in [5.41, 5.74) is 2.24. The van der Waals surface area contributed by atoms with Gasteiger partial charge in [0, 0.05) is 11.3 Å². The molecule has 0 fully saturated rings. The maximum absolute atomic E-state index is 10.1. The molecule has 2 rings (SSSR count). The Morgan fingerprint density at radius 2 is 1.93 bits per heavy atom. The average molecular weight is 218 g/mol. The van der Waals surface area contributed by atoms with Crippen LogP contribution >= 0.6 is 11.3 Å². The summed E-state index contributed by atoms with van der Waals surface area (Å²) in [5.74, 6) is 0. The number of aliphatic hydroxyl groups is 1. The van der Waals surface area contributed by atoms with Gasteiger partial charge in [0.05, 0.1) is 6.10 Å².